The van der Waals surface area contributed by atoms with E-state index >= 15 is 0 Å². The van der Waals surface area contributed by atoms with Crippen molar-refractivity contribution in [2.75, 3.05) is 39.3 Å². The maximum Gasteiger partial charge on any atom is 0.401 e. The minimum absolute atomic E-state index is 0.447. The topological polar surface area (TPSA) is 52.8 Å². The van der Waals surface area contributed by atoms with E-state index in [0.717, 1.165) is 49.5 Å². The van der Waals surface area contributed by atoms with Gasteiger partial charge in [0.15, 0.2) is 5.96 Å². The average Bonchev–Trinajstić information content (AvgIpc) is 3.12. The van der Waals surface area contributed by atoms with Crippen LogP contribution in [-0.4, -0.2) is 56.3 Å². The van der Waals surface area contributed by atoms with Crippen LogP contribution >= 0.6 is 0 Å². The maximum absolute atomic E-state index is 12.5. The molecule has 0 amide bonds. The molecule has 0 saturated carbocycles. The number of alkyl halides is 3. The van der Waals surface area contributed by atoms with Crippen molar-refractivity contribution < 1.29 is 17.6 Å². The van der Waals surface area contributed by atoms with E-state index < -0.39 is 12.7 Å². The van der Waals surface area contributed by atoms with E-state index in [0.29, 0.717) is 32.1 Å². The monoisotopic (exact) mass is 400 g/mol. The van der Waals surface area contributed by atoms with Gasteiger partial charge in [0.2, 0.25) is 0 Å². The Morgan fingerprint density at radius 2 is 2.00 bits per heavy atom. The Labute approximate surface area is 165 Å². The summed E-state index contributed by atoms with van der Waals surface area (Å²) in [6, 6.07) is 3.80. The number of likely N-dealkylation sites (tertiary alicyclic amines) is 1. The molecule has 1 aliphatic heterocycles. The van der Waals surface area contributed by atoms with Crippen LogP contribution in [-0.2, 0) is 6.42 Å². The van der Waals surface area contributed by atoms with Crippen LogP contribution in [0.15, 0.2) is 40.0 Å². The van der Waals surface area contributed by atoms with Gasteiger partial charge in [0.05, 0.1) is 19.4 Å². The van der Waals surface area contributed by atoms with Gasteiger partial charge in [-0.1, -0.05) is 12.2 Å². The van der Waals surface area contributed by atoms with E-state index in [-0.39, 0.29) is 0 Å². The van der Waals surface area contributed by atoms with E-state index in [1.165, 1.54) is 4.90 Å². The number of furan rings is 1. The first-order valence-electron chi connectivity index (χ1n) is 9.80. The van der Waals surface area contributed by atoms with Gasteiger partial charge in [-0.05, 0) is 57.3 Å². The van der Waals surface area contributed by atoms with E-state index in [4.69, 9.17) is 4.42 Å². The van der Waals surface area contributed by atoms with Crippen LogP contribution in [0.2, 0.25) is 0 Å². The third-order valence-corrected chi connectivity index (χ3v) is 4.71. The fourth-order valence-electron chi connectivity index (χ4n) is 3.23. The third-order valence-electron chi connectivity index (χ3n) is 4.71. The van der Waals surface area contributed by atoms with Crippen molar-refractivity contribution in [1.82, 2.24) is 15.5 Å². The van der Waals surface area contributed by atoms with Gasteiger partial charge >= 0.3 is 6.18 Å². The van der Waals surface area contributed by atoms with Crippen LogP contribution in [0.25, 0.3) is 0 Å². The molecule has 0 atom stereocenters. The SMILES string of the molecule is C=C(C)CN=C(NCCc1ccco1)NCCC1CCN(CC(F)(F)F)CC1. The molecular weight excluding hydrogens is 369 g/mol. The van der Waals surface area contributed by atoms with Gasteiger partial charge in [-0.15, -0.1) is 0 Å². The minimum atomic E-state index is -4.11. The number of nitrogens with zero attached hydrogens (tertiary/aromatic N) is 2. The van der Waals surface area contributed by atoms with E-state index in [1.54, 1.807) is 6.26 Å². The molecule has 0 aromatic carbocycles. The number of guanidine groups is 1. The van der Waals surface area contributed by atoms with Crippen LogP contribution < -0.4 is 10.6 Å². The Kier molecular flexibility index (Phi) is 8.89. The van der Waals surface area contributed by atoms with Crippen molar-refractivity contribution in [2.45, 2.75) is 38.8 Å². The minimum Gasteiger partial charge on any atom is -0.469 e. The summed E-state index contributed by atoms with van der Waals surface area (Å²) in [5, 5.41) is 6.61. The van der Waals surface area contributed by atoms with Crippen molar-refractivity contribution in [1.29, 1.82) is 0 Å². The van der Waals surface area contributed by atoms with Gasteiger partial charge < -0.3 is 15.1 Å². The summed E-state index contributed by atoms with van der Waals surface area (Å²) in [6.45, 7) is 8.03. The van der Waals surface area contributed by atoms with Gasteiger partial charge in [0.1, 0.15) is 5.76 Å². The molecule has 1 aromatic rings. The molecule has 2 heterocycles. The van der Waals surface area contributed by atoms with Gasteiger partial charge in [-0.2, -0.15) is 13.2 Å². The number of halogens is 3. The summed E-state index contributed by atoms with van der Waals surface area (Å²) in [7, 11) is 0. The quantitative estimate of drug-likeness (QED) is 0.378. The number of nitrogens with one attached hydrogen (secondary N) is 2. The predicted molar refractivity (Wildman–Crippen MR) is 105 cm³/mol. The van der Waals surface area contributed by atoms with Gasteiger partial charge in [0, 0.05) is 19.5 Å². The second-order valence-corrected chi connectivity index (χ2v) is 7.43. The maximum atomic E-state index is 12.5. The number of piperidine rings is 1. The highest BCUT2D eigenvalue weighted by atomic mass is 19.4. The molecule has 0 unspecified atom stereocenters. The van der Waals surface area contributed by atoms with Gasteiger partial charge in [0.25, 0.3) is 0 Å². The zero-order chi connectivity index (χ0) is 20.4. The van der Waals surface area contributed by atoms with Crippen molar-refractivity contribution in [3.63, 3.8) is 0 Å². The summed E-state index contributed by atoms with van der Waals surface area (Å²) in [6.07, 6.45) is 0.849. The van der Waals surface area contributed by atoms with Gasteiger partial charge in [-0.25, -0.2) is 4.99 Å². The molecule has 158 valence electrons. The zero-order valence-corrected chi connectivity index (χ0v) is 16.5. The molecule has 0 spiro atoms. The molecule has 28 heavy (non-hydrogen) atoms. The molecular formula is C20H31F3N4O. The van der Waals surface area contributed by atoms with Crippen LogP contribution in [0.3, 0.4) is 0 Å². The zero-order valence-electron chi connectivity index (χ0n) is 16.5. The lowest BCUT2D eigenvalue weighted by molar-refractivity contribution is -0.148. The second-order valence-electron chi connectivity index (χ2n) is 7.43. The smallest absolute Gasteiger partial charge is 0.401 e. The molecule has 2 N–H and O–H groups in total. The standard InChI is InChI=1S/C20H31F3N4O/c1-16(2)14-26-19(25-10-6-18-4-3-13-28-18)24-9-5-17-7-11-27(12-8-17)15-20(21,22)23/h3-4,13,17H,1,5-12,14-15H2,2H3,(H2,24,25,26). The summed E-state index contributed by atoms with van der Waals surface area (Å²) < 4.78 is 42.7. The number of hydrogen-bond donors (Lipinski definition) is 2. The summed E-state index contributed by atoms with van der Waals surface area (Å²) >= 11 is 0. The normalized spacial score (nSPS) is 16.9. The number of aliphatic imine (C=N–C) groups is 1. The fourth-order valence-corrected chi connectivity index (χ4v) is 3.23. The first-order valence-corrected chi connectivity index (χ1v) is 9.80. The number of rotatable bonds is 9. The molecule has 2 rings (SSSR count). The van der Waals surface area contributed by atoms with Crippen molar-refractivity contribution in [2.24, 2.45) is 10.9 Å². The molecule has 0 radical (unpaired) electrons. The van der Waals surface area contributed by atoms with E-state index in [2.05, 4.69) is 22.2 Å². The first-order chi connectivity index (χ1) is 13.3. The summed E-state index contributed by atoms with van der Waals surface area (Å²) in [5.74, 6) is 2.09. The Hall–Kier alpha value is -1.96. The Bertz CT molecular complexity index is 605. The Morgan fingerprint density at radius 3 is 2.61 bits per heavy atom. The number of hydrogen-bond acceptors (Lipinski definition) is 3. The molecule has 1 aliphatic rings. The Morgan fingerprint density at radius 1 is 1.29 bits per heavy atom. The molecule has 0 aliphatic carbocycles. The van der Waals surface area contributed by atoms with Gasteiger partial charge in [-0.3, -0.25) is 4.90 Å². The predicted octanol–water partition coefficient (Wildman–Crippen LogP) is 3.60. The van der Waals surface area contributed by atoms with E-state index in [1.807, 2.05) is 19.1 Å². The Balaban J connectivity index is 1.69. The highest BCUT2D eigenvalue weighted by molar-refractivity contribution is 5.79. The highest BCUT2D eigenvalue weighted by Crippen LogP contribution is 2.23. The molecule has 5 nitrogen and oxygen atoms in total. The van der Waals surface area contributed by atoms with Crippen molar-refractivity contribution in [3.05, 3.63) is 36.3 Å². The lowest BCUT2D eigenvalue weighted by atomic mass is 9.93. The fraction of sp³-hybridized carbons (Fsp3) is 0.650. The lowest BCUT2D eigenvalue weighted by Crippen LogP contribution is -2.42. The largest absolute Gasteiger partial charge is 0.469 e. The van der Waals surface area contributed by atoms with Crippen molar-refractivity contribution in [3.8, 4) is 0 Å². The third kappa shape index (κ3) is 9.30. The van der Waals surface area contributed by atoms with Crippen LogP contribution in [0.1, 0.15) is 31.9 Å². The molecule has 8 heteroatoms. The molecule has 1 aromatic heterocycles. The van der Waals surface area contributed by atoms with Crippen LogP contribution in [0, 0.1) is 5.92 Å². The summed E-state index contributed by atoms with van der Waals surface area (Å²) in [4.78, 5) is 6.01. The molecule has 1 fully saturated rings. The van der Waals surface area contributed by atoms with Crippen LogP contribution in [0.4, 0.5) is 13.2 Å². The molecule has 0 bridgehead atoms. The molecule has 1 saturated heterocycles. The van der Waals surface area contributed by atoms with E-state index in [9.17, 15) is 13.2 Å². The lowest BCUT2D eigenvalue weighted by Gasteiger charge is -2.32. The summed E-state index contributed by atoms with van der Waals surface area (Å²) in [5.41, 5.74) is 0.976. The second kappa shape index (κ2) is 11.1. The average molecular weight is 400 g/mol. The van der Waals surface area contributed by atoms with Crippen LogP contribution in [0.5, 0.6) is 0 Å². The highest BCUT2D eigenvalue weighted by Gasteiger charge is 2.32. The van der Waals surface area contributed by atoms with Crippen molar-refractivity contribution >= 4 is 5.96 Å². The first kappa shape index (κ1) is 22.3.